The van der Waals surface area contributed by atoms with Crippen molar-refractivity contribution < 1.29 is 5.11 Å². The first-order valence-corrected chi connectivity index (χ1v) is 4.05. The van der Waals surface area contributed by atoms with Gasteiger partial charge >= 0.3 is 0 Å². The molecule has 0 saturated carbocycles. The van der Waals surface area contributed by atoms with Crippen LogP contribution < -0.4 is 5.32 Å². The fourth-order valence-electron chi connectivity index (χ4n) is 0.961. The van der Waals surface area contributed by atoms with E-state index >= 15 is 0 Å². The molecule has 0 aliphatic carbocycles. The first-order valence-electron chi connectivity index (χ1n) is 4.05. The van der Waals surface area contributed by atoms with Crippen molar-refractivity contribution in [2.24, 2.45) is 0 Å². The average Bonchev–Trinajstić information content (AvgIpc) is 2.00. The highest BCUT2D eigenvalue weighted by Crippen LogP contribution is 2.17. The molecular weight excluding hydrogens is 126 g/mol. The lowest BCUT2D eigenvalue weighted by atomic mass is 9.94. The van der Waals surface area contributed by atoms with Gasteiger partial charge in [0.15, 0.2) is 0 Å². The van der Waals surface area contributed by atoms with Gasteiger partial charge in [0.1, 0.15) is 0 Å². The quantitative estimate of drug-likeness (QED) is 0.608. The van der Waals surface area contributed by atoms with E-state index in [0.29, 0.717) is 0 Å². The van der Waals surface area contributed by atoms with Crippen LogP contribution in [0.5, 0.6) is 0 Å². The van der Waals surface area contributed by atoms with Gasteiger partial charge in [-0.25, -0.2) is 0 Å². The van der Waals surface area contributed by atoms with Gasteiger partial charge in [0.25, 0.3) is 0 Å². The Kier molecular flexibility index (Phi) is 4.65. The summed E-state index contributed by atoms with van der Waals surface area (Å²) in [5, 5.41) is 12.8. The van der Waals surface area contributed by atoms with Gasteiger partial charge in [-0.1, -0.05) is 13.8 Å². The van der Waals surface area contributed by atoms with Crippen LogP contribution in [0.2, 0.25) is 0 Å². The number of hydrogen-bond acceptors (Lipinski definition) is 2. The maximum atomic E-state index is 9.72. The molecule has 0 aromatic heterocycles. The normalized spacial score (nSPS) is 12.0. The van der Waals surface area contributed by atoms with E-state index in [2.05, 4.69) is 5.32 Å². The lowest BCUT2D eigenvalue weighted by Gasteiger charge is -2.24. The molecule has 0 rings (SSSR count). The second kappa shape index (κ2) is 4.69. The Labute approximate surface area is 63.6 Å². The van der Waals surface area contributed by atoms with Gasteiger partial charge in [0.2, 0.25) is 0 Å². The van der Waals surface area contributed by atoms with Gasteiger partial charge in [0.05, 0.1) is 5.60 Å². The van der Waals surface area contributed by atoms with Crippen molar-refractivity contribution in [3.63, 3.8) is 0 Å². The van der Waals surface area contributed by atoms with Crippen molar-refractivity contribution in [3.8, 4) is 0 Å². The molecule has 0 spiro atoms. The molecule has 2 heteroatoms. The molecule has 0 aliphatic rings. The second-order valence-corrected chi connectivity index (χ2v) is 2.79. The van der Waals surface area contributed by atoms with E-state index in [-0.39, 0.29) is 0 Å². The predicted molar refractivity (Wildman–Crippen MR) is 44.1 cm³/mol. The molecule has 0 bridgehead atoms. The summed E-state index contributed by atoms with van der Waals surface area (Å²) < 4.78 is 0. The van der Waals surface area contributed by atoms with E-state index in [0.717, 1.165) is 25.8 Å². The number of rotatable bonds is 5. The minimum atomic E-state index is -0.428. The summed E-state index contributed by atoms with van der Waals surface area (Å²) >= 11 is 0. The monoisotopic (exact) mass is 145 g/mol. The van der Waals surface area contributed by atoms with Crippen molar-refractivity contribution in [3.05, 3.63) is 0 Å². The van der Waals surface area contributed by atoms with E-state index in [1.165, 1.54) is 0 Å². The smallest absolute Gasteiger partial charge is 0.0654 e. The number of nitrogens with one attached hydrogen (secondary N) is 1. The summed E-state index contributed by atoms with van der Waals surface area (Å²) in [4.78, 5) is 0. The van der Waals surface area contributed by atoms with Crippen LogP contribution in [0, 0.1) is 0 Å². The van der Waals surface area contributed by atoms with E-state index in [4.69, 9.17) is 0 Å². The second-order valence-electron chi connectivity index (χ2n) is 2.79. The van der Waals surface area contributed by atoms with Crippen molar-refractivity contribution in [1.29, 1.82) is 0 Å². The zero-order valence-corrected chi connectivity index (χ0v) is 7.28. The van der Waals surface area contributed by atoms with Crippen molar-refractivity contribution in [1.82, 2.24) is 5.32 Å². The van der Waals surface area contributed by atoms with Crippen molar-refractivity contribution in [2.45, 2.75) is 38.7 Å². The average molecular weight is 145 g/mol. The van der Waals surface area contributed by atoms with Crippen LogP contribution in [0.3, 0.4) is 0 Å². The Morgan fingerprint density at radius 1 is 1.30 bits per heavy atom. The van der Waals surface area contributed by atoms with Crippen molar-refractivity contribution >= 4 is 0 Å². The molecular formula is C8H19NO. The highest BCUT2D eigenvalue weighted by atomic mass is 16.3. The summed E-state index contributed by atoms with van der Waals surface area (Å²) in [6, 6.07) is 0. The molecule has 0 radical (unpaired) electrons. The zero-order valence-electron chi connectivity index (χ0n) is 7.28. The van der Waals surface area contributed by atoms with Crippen LogP contribution >= 0.6 is 0 Å². The van der Waals surface area contributed by atoms with E-state index in [1.807, 2.05) is 20.9 Å². The summed E-state index contributed by atoms with van der Waals surface area (Å²) in [7, 11) is 1.91. The molecule has 0 aromatic carbocycles. The number of hydrogen-bond donors (Lipinski definition) is 2. The summed E-state index contributed by atoms with van der Waals surface area (Å²) in [5.74, 6) is 0. The van der Waals surface area contributed by atoms with Crippen molar-refractivity contribution in [2.75, 3.05) is 13.6 Å². The molecule has 2 nitrogen and oxygen atoms in total. The standard InChI is InChI=1S/C8H19NO/c1-4-8(10,5-2)6-7-9-3/h9-10H,4-7H2,1-3H3. The molecule has 10 heavy (non-hydrogen) atoms. The summed E-state index contributed by atoms with van der Waals surface area (Å²) in [5.41, 5.74) is -0.428. The first-order chi connectivity index (χ1) is 4.68. The molecule has 0 heterocycles. The Bertz CT molecular complexity index is 79.3. The maximum absolute atomic E-state index is 9.72. The van der Waals surface area contributed by atoms with Crippen LogP contribution in [0.25, 0.3) is 0 Å². The molecule has 0 atom stereocenters. The van der Waals surface area contributed by atoms with Gasteiger partial charge in [-0.05, 0) is 32.9 Å². The number of aliphatic hydroxyl groups is 1. The van der Waals surface area contributed by atoms with Gasteiger partial charge in [0, 0.05) is 0 Å². The molecule has 0 unspecified atom stereocenters. The molecule has 0 amide bonds. The highest BCUT2D eigenvalue weighted by Gasteiger charge is 2.20. The first kappa shape index (κ1) is 9.92. The minimum absolute atomic E-state index is 0.428. The van der Waals surface area contributed by atoms with E-state index in [1.54, 1.807) is 0 Å². The molecule has 62 valence electrons. The SMILES string of the molecule is CCC(O)(CC)CCNC. The largest absolute Gasteiger partial charge is 0.390 e. The van der Waals surface area contributed by atoms with Gasteiger partial charge in [-0.2, -0.15) is 0 Å². The molecule has 0 aromatic rings. The third-order valence-corrected chi connectivity index (χ3v) is 2.16. The van der Waals surface area contributed by atoms with Crippen LogP contribution in [0.1, 0.15) is 33.1 Å². The Morgan fingerprint density at radius 3 is 2.10 bits per heavy atom. The fraction of sp³-hybridized carbons (Fsp3) is 1.00. The maximum Gasteiger partial charge on any atom is 0.0654 e. The Balaban J connectivity index is 3.58. The highest BCUT2D eigenvalue weighted by molar-refractivity contribution is 4.74. The van der Waals surface area contributed by atoms with Crippen LogP contribution in [-0.4, -0.2) is 24.3 Å². The Morgan fingerprint density at radius 2 is 1.80 bits per heavy atom. The van der Waals surface area contributed by atoms with Crippen LogP contribution in [0.4, 0.5) is 0 Å². The van der Waals surface area contributed by atoms with Crippen LogP contribution in [0.15, 0.2) is 0 Å². The minimum Gasteiger partial charge on any atom is -0.390 e. The fourth-order valence-corrected chi connectivity index (χ4v) is 0.961. The predicted octanol–water partition coefficient (Wildman–Crippen LogP) is 1.15. The van der Waals surface area contributed by atoms with E-state index < -0.39 is 5.60 Å². The van der Waals surface area contributed by atoms with Gasteiger partial charge < -0.3 is 10.4 Å². The summed E-state index contributed by atoms with van der Waals surface area (Å²) in [6.45, 7) is 4.95. The Hall–Kier alpha value is -0.0800. The molecule has 0 fully saturated rings. The zero-order chi connectivity index (χ0) is 8.04. The molecule has 0 saturated heterocycles. The topological polar surface area (TPSA) is 32.3 Å². The lowest BCUT2D eigenvalue weighted by molar-refractivity contribution is 0.0245. The van der Waals surface area contributed by atoms with E-state index in [9.17, 15) is 5.11 Å². The molecule has 2 N–H and O–H groups in total. The van der Waals surface area contributed by atoms with Crippen LogP contribution in [-0.2, 0) is 0 Å². The lowest BCUT2D eigenvalue weighted by Crippen LogP contribution is -2.30. The van der Waals surface area contributed by atoms with Gasteiger partial charge in [-0.3, -0.25) is 0 Å². The molecule has 0 aliphatic heterocycles. The third kappa shape index (κ3) is 3.18. The third-order valence-electron chi connectivity index (χ3n) is 2.16. The van der Waals surface area contributed by atoms with Gasteiger partial charge in [-0.15, -0.1) is 0 Å². The summed E-state index contributed by atoms with van der Waals surface area (Å²) in [6.07, 6.45) is 2.56.